The molecule has 0 saturated carbocycles. The quantitative estimate of drug-likeness (QED) is 0.155. The van der Waals surface area contributed by atoms with Gasteiger partial charge in [-0.2, -0.15) is 0 Å². The Kier molecular flexibility index (Phi) is 13.3. The van der Waals surface area contributed by atoms with Crippen molar-refractivity contribution in [2.45, 2.75) is 84.0 Å². The van der Waals surface area contributed by atoms with Crippen molar-refractivity contribution in [2.24, 2.45) is 0 Å². The first kappa shape index (κ1) is 53.2. The normalized spacial score (nSPS) is 13.0. The molecule has 0 amide bonds. The fourth-order valence-electron chi connectivity index (χ4n) is 13.9. The van der Waals surface area contributed by atoms with Crippen molar-refractivity contribution in [3.05, 3.63) is 312 Å². The highest BCUT2D eigenvalue weighted by Gasteiger charge is 2.51. The largest absolute Gasteiger partial charge is 0.0725 e. The molecule has 0 fully saturated rings. The first-order valence-corrected chi connectivity index (χ1v) is 29.7. The molecule has 0 atom stereocenters. The molecule has 0 heteroatoms. The zero-order valence-electron chi connectivity index (χ0n) is 49.5. The van der Waals surface area contributed by atoms with Gasteiger partial charge in [-0.3, -0.25) is 0 Å². The van der Waals surface area contributed by atoms with Crippen molar-refractivity contribution in [2.75, 3.05) is 0 Å². The van der Waals surface area contributed by atoms with E-state index in [0.717, 1.165) is 0 Å². The molecule has 15 rings (SSSR count). The summed E-state index contributed by atoms with van der Waals surface area (Å²) >= 11 is 0. The molecule has 2 aliphatic carbocycles. The highest BCUT2D eigenvalue weighted by molar-refractivity contribution is 6.21. The van der Waals surface area contributed by atoms with Crippen molar-refractivity contribution in [1.29, 1.82) is 0 Å². The van der Waals surface area contributed by atoms with Crippen LogP contribution in [0.5, 0.6) is 0 Å². The van der Waals surface area contributed by atoms with Crippen LogP contribution in [-0.4, -0.2) is 0 Å². The van der Waals surface area contributed by atoms with Crippen LogP contribution in [0.1, 0.15) is 101 Å². The molecule has 0 nitrogen and oxygen atoms in total. The van der Waals surface area contributed by atoms with Gasteiger partial charge in [-0.25, -0.2) is 0 Å². The predicted octanol–water partition coefficient (Wildman–Crippen LogP) is 22.9. The Morgan fingerprint density at radius 1 is 0.217 bits per heavy atom. The first-order chi connectivity index (χ1) is 40.1. The van der Waals surface area contributed by atoms with E-state index in [0.29, 0.717) is 0 Å². The van der Waals surface area contributed by atoms with Crippen LogP contribution in [0.2, 0.25) is 0 Å². The number of hydrogen-bond donors (Lipinski definition) is 0. The molecular formula is C83H72. The minimum atomic E-state index is -0.222. The van der Waals surface area contributed by atoms with Crippen molar-refractivity contribution in [3.8, 4) is 55.6 Å². The zero-order chi connectivity index (χ0) is 57.3. The number of benzene rings is 13. The maximum absolute atomic E-state index is 2.48. The van der Waals surface area contributed by atoms with E-state index < -0.39 is 0 Å². The van der Waals surface area contributed by atoms with Crippen LogP contribution in [0.25, 0.3) is 98.7 Å². The van der Waals surface area contributed by atoms with E-state index in [1.165, 1.54) is 138 Å². The van der Waals surface area contributed by atoms with E-state index in [-0.39, 0.29) is 21.7 Å². The van der Waals surface area contributed by atoms with Crippen LogP contribution >= 0.6 is 0 Å². The van der Waals surface area contributed by atoms with Crippen LogP contribution in [0.3, 0.4) is 0 Å². The van der Waals surface area contributed by atoms with E-state index in [1.54, 1.807) is 0 Å². The summed E-state index contributed by atoms with van der Waals surface area (Å²) in [5.41, 5.74) is 23.3. The van der Waals surface area contributed by atoms with Crippen molar-refractivity contribution < 1.29 is 0 Å². The van der Waals surface area contributed by atoms with Gasteiger partial charge in [-0.15, -0.1) is 0 Å². The van der Waals surface area contributed by atoms with Crippen LogP contribution in [-0.2, 0) is 21.7 Å². The first-order valence-electron chi connectivity index (χ1n) is 29.7. The summed E-state index contributed by atoms with van der Waals surface area (Å²) in [7, 11) is 0. The lowest BCUT2D eigenvalue weighted by Gasteiger charge is -2.31. The monoisotopic (exact) mass is 1070 g/mol. The summed E-state index contributed by atoms with van der Waals surface area (Å²) in [5.74, 6) is 0. The van der Waals surface area contributed by atoms with Gasteiger partial charge in [0.2, 0.25) is 0 Å². The number of rotatable bonds is 3. The van der Waals surface area contributed by atoms with Gasteiger partial charge in [0.15, 0.2) is 0 Å². The fourth-order valence-corrected chi connectivity index (χ4v) is 13.9. The Morgan fingerprint density at radius 2 is 0.494 bits per heavy atom. The van der Waals surface area contributed by atoms with Gasteiger partial charge in [0, 0.05) is 0 Å². The summed E-state index contributed by atoms with van der Waals surface area (Å²) in [5, 5.41) is 10.6. The van der Waals surface area contributed by atoms with Gasteiger partial charge < -0.3 is 0 Å². The maximum atomic E-state index is 2.48. The maximum Gasteiger partial charge on any atom is 0.0725 e. The Hall–Kier alpha value is -9.10. The second-order valence-corrected chi connectivity index (χ2v) is 25.9. The fraction of sp³-hybridized carbons (Fsp3) is 0.157. The lowest BCUT2D eigenvalue weighted by Crippen LogP contribution is -2.26. The Morgan fingerprint density at radius 3 is 0.843 bits per heavy atom. The molecule has 0 bridgehead atoms. The van der Waals surface area contributed by atoms with Crippen LogP contribution in [0, 0.1) is 0 Å². The molecule has 13 aromatic rings. The summed E-state index contributed by atoms with van der Waals surface area (Å²) < 4.78 is 0. The van der Waals surface area contributed by atoms with Gasteiger partial charge in [0.05, 0.1) is 5.41 Å². The van der Waals surface area contributed by atoms with Gasteiger partial charge >= 0.3 is 0 Å². The molecule has 0 aromatic heterocycles. The number of hydrogen-bond acceptors (Lipinski definition) is 0. The summed E-state index contributed by atoms with van der Waals surface area (Å²) in [6.07, 6.45) is 0. The molecule has 13 aromatic carbocycles. The minimum absolute atomic E-state index is 0.0917. The van der Waals surface area contributed by atoms with E-state index in [9.17, 15) is 0 Å². The van der Waals surface area contributed by atoms with E-state index in [4.69, 9.17) is 0 Å². The molecular weight excluding hydrogens is 997 g/mol. The second-order valence-electron chi connectivity index (χ2n) is 25.9. The van der Waals surface area contributed by atoms with Gasteiger partial charge in [-0.1, -0.05) is 335 Å². The Balaban J connectivity index is 0.000000117. The molecule has 83 heavy (non-hydrogen) atoms. The zero-order valence-corrected chi connectivity index (χ0v) is 49.5. The molecule has 0 N–H and O–H groups in total. The van der Waals surface area contributed by atoms with Crippen molar-refractivity contribution in [3.63, 3.8) is 0 Å². The SMILES string of the molecule is CC(C)(C)c1c2ccccc2c(-c2ccccc2)c2ccccc12.CC(C)(C)c1ccc(-c2c3ccccc3c(-c3ccccc3)c3ccccc23)cc1.CC(C)(C)c1ccc2c(c1)C1(c3ccccc3-c3ccccc31)c1ccccc1-2. The topological polar surface area (TPSA) is 0 Å². The lowest BCUT2D eigenvalue weighted by molar-refractivity contribution is 0.588. The van der Waals surface area contributed by atoms with Crippen molar-refractivity contribution >= 4 is 43.1 Å². The highest BCUT2D eigenvalue weighted by atomic mass is 14.5. The average molecular weight is 1070 g/mol. The third-order valence-electron chi connectivity index (χ3n) is 17.6. The predicted molar refractivity (Wildman–Crippen MR) is 358 cm³/mol. The minimum Gasteiger partial charge on any atom is -0.0622 e. The molecule has 0 radical (unpaired) electrons. The van der Waals surface area contributed by atoms with Crippen LogP contribution < -0.4 is 0 Å². The molecule has 0 aliphatic heterocycles. The van der Waals surface area contributed by atoms with E-state index >= 15 is 0 Å². The van der Waals surface area contributed by atoms with Crippen molar-refractivity contribution in [1.82, 2.24) is 0 Å². The third kappa shape index (κ3) is 9.08. The smallest absolute Gasteiger partial charge is 0.0622 e. The number of fused-ring (bicyclic) bond motifs is 14. The molecule has 0 heterocycles. The molecule has 2 aliphatic rings. The van der Waals surface area contributed by atoms with Crippen LogP contribution in [0.4, 0.5) is 0 Å². The average Bonchev–Trinajstić information content (AvgIpc) is 1.92. The Bertz CT molecular complexity index is 4390. The lowest BCUT2D eigenvalue weighted by atomic mass is 9.69. The van der Waals surface area contributed by atoms with E-state index in [2.05, 4.69) is 335 Å². The summed E-state index contributed by atoms with van der Waals surface area (Å²) in [4.78, 5) is 0. The van der Waals surface area contributed by atoms with Crippen LogP contribution in [0.15, 0.2) is 273 Å². The van der Waals surface area contributed by atoms with E-state index in [1.807, 2.05) is 0 Å². The second kappa shape index (κ2) is 20.7. The van der Waals surface area contributed by atoms with Gasteiger partial charge in [0.25, 0.3) is 0 Å². The molecule has 0 saturated heterocycles. The Labute approximate surface area is 491 Å². The van der Waals surface area contributed by atoms with Gasteiger partial charge in [-0.05, 0) is 154 Å². The molecule has 404 valence electrons. The molecule has 1 spiro atoms. The molecule has 0 unspecified atom stereocenters. The summed E-state index contributed by atoms with van der Waals surface area (Å²) in [6.45, 7) is 20.6. The standard InChI is InChI=1S/C30H26.C29H24.C24H22/c1-30(2,3)23-19-17-22(18-20-23)29-26-15-9-7-13-24(26)28(21-11-5-4-6-12-21)25-14-8-10-16-27(25)29;1-28(2,3)19-16-17-23-22-12-6-9-15-26(22)29(27(23)18-19)24-13-7-4-10-20(24)21-11-5-8-14-25(21)29;1-24(2,3)23-20-15-9-7-13-18(20)22(17-11-5-4-6-12-17)19-14-8-10-16-21(19)23/h4-20H,1-3H3;4-18H,1-3H3;4-16H,1-3H3. The highest BCUT2D eigenvalue weighted by Crippen LogP contribution is 2.63. The van der Waals surface area contributed by atoms with Gasteiger partial charge in [0.1, 0.15) is 0 Å². The third-order valence-corrected chi connectivity index (χ3v) is 17.6. The summed E-state index contributed by atoms with van der Waals surface area (Å²) in [6, 6.07) is 100.